The van der Waals surface area contributed by atoms with Crippen molar-refractivity contribution in [1.82, 2.24) is 10.6 Å². The summed E-state index contributed by atoms with van der Waals surface area (Å²) in [7, 11) is 0. The molecule has 3 amide bonds. The Labute approximate surface area is 135 Å². The van der Waals surface area contributed by atoms with Crippen molar-refractivity contribution in [2.75, 3.05) is 11.9 Å². The van der Waals surface area contributed by atoms with Crippen molar-refractivity contribution >= 4 is 49.5 Å². The van der Waals surface area contributed by atoms with Gasteiger partial charge in [0.25, 0.3) is 0 Å². The molecule has 0 aromatic heterocycles. The first-order chi connectivity index (χ1) is 9.43. The van der Waals surface area contributed by atoms with Gasteiger partial charge in [0.15, 0.2) is 0 Å². The maximum atomic E-state index is 11.8. The SMILES string of the molecule is CCCNC(=O)C(C)NC(=O)Nc1ccc(Br)cc1Br. The van der Waals surface area contributed by atoms with Gasteiger partial charge in [0, 0.05) is 15.5 Å². The molecule has 1 atom stereocenters. The molecule has 0 saturated carbocycles. The Morgan fingerprint density at radius 2 is 2.00 bits per heavy atom. The number of amides is 3. The number of carbonyl (C=O) groups excluding carboxylic acids is 2. The van der Waals surface area contributed by atoms with Crippen LogP contribution in [0.3, 0.4) is 0 Å². The summed E-state index contributed by atoms with van der Waals surface area (Å²) < 4.78 is 1.66. The van der Waals surface area contributed by atoms with Gasteiger partial charge in [0.05, 0.1) is 5.69 Å². The molecule has 110 valence electrons. The van der Waals surface area contributed by atoms with E-state index < -0.39 is 12.1 Å². The number of benzene rings is 1. The Morgan fingerprint density at radius 1 is 1.30 bits per heavy atom. The lowest BCUT2D eigenvalue weighted by atomic mass is 10.3. The van der Waals surface area contributed by atoms with Crippen LogP contribution in [0.1, 0.15) is 20.3 Å². The molecule has 0 bridgehead atoms. The number of urea groups is 1. The third-order valence-corrected chi connectivity index (χ3v) is 3.62. The minimum absolute atomic E-state index is 0.197. The molecule has 0 spiro atoms. The van der Waals surface area contributed by atoms with Crippen LogP contribution < -0.4 is 16.0 Å². The van der Waals surface area contributed by atoms with Gasteiger partial charge in [-0.2, -0.15) is 0 Å². The number of rotatable bonds is 5. The highest BCUT2D eigenvalue weighted by Gasteiger charge is 2.15. The molecule has 0 heterocycles. The second-order valence-electron chi connectivity index (χ2n) is 4.24. The van der Waals surface area contributed by atoms with E-state index in [-0.39, 0.29) is 5.91 Å². The van der Waals surface area contributed by atoms with Crippen molar-refractivity contribution in [3.05, 3.63) is 27.1 Å². The standard InChI is InChI=1S/C13H17Br2N3O2/c1-3-6-16-12(19)8(2)17-13(20)18-11-5-4-9(14)7-10(11)15/h4-5,7-8H,3,6H2,1-2H3,(H,16,19)(H2,17,18,20). The van der Waals surface area contributed by atoms with Crippen molar-refractivity contribution in [3.63, 3.8) is 0 Å². The van der Waals surface area contributed by atoms with E-state index in [2.05, 4.69) is 47.8 Å². The van der Waals surface area contributed by atoms with Gasteiger partial charge in [-0.3, -0.25) is 4.79 Å². The molecule has 1 rings (SSSR count). The molecule has 1 aromatic carbocycles. The van der Waals surface area contributed by atoms with Crippen molar-refractivity contribution in [3.8, 4) is 0 Å². The number of halogens is 2. The molecule has 3 N–H and O–H groups in total. The van der Waals surface area contributed by atoms with E-state index in [1.807, 2.05) is 19.1 Å². The zero-order chi connectivity index (χ0) is 15.1. The smallest absolute Gasteiger partial charge is 0.319 e. The summed E-state index contributed by atoms with van der Waals surface area (Å²) in [5, 5.41) is 7.99. The first-order valence-electron chi connectivity index (χ1n) is 6.24. The molecule has 0 radical (unpaired) electrons. The van der Waals surface area contributed by atoms with Crippen LogP contribution >= 0.6 is 31.9 Å². The Morgan fingerprint density at radius 3 is 2.60 bits per heavy atom. The summed E-state index contributed by atoms with van der Waals surface area (Å²) in [6, 6.07) is 4.39. The van der Waals surface area contributed by atoms with Gasteiger partial charge in [0.1, 0.15) is 6.04 Å². The van der Waals surface area contributed by atoms with E-state index in [1.165, 1.54) is 0 Å². The minimum atomic E-state index is -0.587. The Hall–Kier alpha value is -1.08. The van der Waals surface area contributed by atoms with E-state index >= 15 is 0 Å². The maximum absolute atomic E-state index is 11.8. The van der Waals surface area contributed by atoms with Gasteiger partial charge in [-0.05, 0) is 47.5 Å². The third-order valence-electron chi connectivity index (χ3n) is 2.47. The summed E-state index contributed by atoms with van der Waals surface area (Å²) in [5.41, 5.74) is 0.631. The predicted octanol–water partition coefficient (Wildman–Crippen LogP) is 3.25. The molecule has 1 unspecified atom stereocenters. The fourth-order valence-electron chi connectivity index (χ4n) is 1.41. The molecule has 0 aliphatic heterocycles. The van der Waals surface area contributed by atoms with E-state index in [1.54, 1.807) is 13.0 Å². The number of anilines is 1. The van der Waals surface area contributed by atoms with Gasteiger partial charge in [-0.1, -0.05) is 22.9 Å². The largest absolute Gasteiger partial charge is 0.354 e. The second kappa shape index (κ2) is 8.26. The van der Waals surface area contributed by atoms with Crippen molar-refractivity contribution < 1.29 is 9.59 Å². The fraction of sp³-hybridized carbons (Fsp3) is 0.385. The summed E-state index contributed by atoms with van der Waals surface area (Å²) in [6.45, 7) is 4.21. The average Bonchev–Trinajstić information content (AvgIpc) is 2.39. The zero-order valence-corrected chi connectivity index (χ0v) is 14.5. The summed E-state index contributed by atoms with van der Waals surface area (Å²) in [4.78, 5) is 23.4. The van der Waals surface area contributed by atoms with Crippen molar-refractivity contribution in [2.24, 2.45) is 0 Å². The summed E-state index contributed by atoms with van der Waals surface area (Å²) in [5.74, 6) is -0.197. The summed E-state index contributed by atoms with van der Waals surface area (Å²) >= 11 is 6.69. The number of hydrogen-bond acceptors (Lipinski definition) is 2. The number of carbonyl (C=O) groups is 2. The quantitative estimate of drug-likeness (QED) is 0.702. The van der Waals surface area contributed by atoms with Gasteiger partial charge in [0.2, 0.25) is 5.91 Å². The van der Waals surface area contributed by atoms with Crippen LogP contribution in [0, 0.1) is 0 Å². The first-order valence-corrected chi connectivity index (χ1v) is 7.83. The molecular formula is C13H17Br2N3O2. The molecule has 5 nitrogen and oxygen atoms in total. The average molecular weight is 407 g/mol. The predicted molar refractivity (Wildman–Crippen MR) is 86.8 cm³/mol. The Bertz CT molecular complexity index is 495. The first kappa shape index (κ1) is 17.0. The van der Waals surface area contributed by atoms with Crippen LogP contribution in [0.25, 0.3) is 0 Å². The van der Waals surface area contributed by atoms with Crippen LogP contribution in [0.4, 0.5) is 10.5 Å². The monoisotopic (exact) mass is 405 g/mol. The van der Waals surface area contributed by atoms with Crippen molar-refractivity contribution in [2.45, 2.75) is 26.3 Å². The van der Waals surface area contributed by atoms with E-state index in [0.29, 0.717) is 12.2 Å². The molecule has 0 aliphatic rings. The highest BCUT2D eigenvalue weighted by Crippen LogP contribution is 2.25. The van der Waals surface area contributed by atoms with Crippen molar-refractivity contribution in [1.29, 1.82) is 0 Å². The van der Waals surface area contributed by atoms with Gasteiger partial charge in [-0.25, -0.2) is 4.79 Å². The lowest BCUT2D eigenvalue weighted by Crippen LogP contribution is -2.46. The normalized spacial score (nSPS) is 11.6. The van der Waals surface area contributed by atoms with Gasteiger partial charge in [-0.15, -0.1) is 0 Å². The highest BCUT2D eigenvalue weighted by atomic mass is 79.9. The molecule has 0 aliphatic carbocycles. The van der Waals surface area contributed by atoms with Crippen LogP contribution in [0.2, 0.25) is 0 Å². The lowest BCUT2D eigenvalue weighted by molar-refractivity contribution is -0.122. The topological polar surface area (TPSA) is 70.2 Å². The van der Waals surface area contributed by atoms with Crippen LogP contribution in [-0.2, 0) is 4.79 Å². The molecule has 0 fully saturated rings. The third kappa shape index (κ3) is 5.50. The molecule has 0 saturated heterocycles. The molecular weight excluding hydrogens is 390 g/mol. The Kier molecular flexibility index (Phi) is 7.01. The minimum Gasteiger partial charge on any atom is -0.354 e. The van der Waals surface area contributed by atoms with E-state index in [4.69, 9.17) is 0 Å². The van der Waals surface area contributed by atoms with Crippen LogP contribution in [0.5, 0.6) is 0 Å². The molecule has 1 aromatic rings. The number of hydrogen-bond donors (Lipinski definition) is 3. The van der Waals surface area contributed by atoms with Crippen LogP contribution in [-0.4, -0.2) is 24.5 Å². The van der Waals surface area contributed by atoms with Gasteiger partial charge >= 0.3 is 6.03 Å². The maximum Gasteiger partial charge on any atom is 0.319 e. The Balaban J connectivity index is 2.52. The lowest BCUT2D eigenvalue weighted by Gasteiger charge is -2.15. The number of nitrogens with one attached hydrogen (secondary N) is 3. The zero-order valence-electron chi connectivity index (χ0n) is 11.3. The van der Waals surface area contributed by atoms with E-state index in [0.717, 1.165) is 15.4 Å². The second-order valence-corrected chi connectivity index (χ2v) is 6.01. The van der Waals surface area contributed by atoms with Crippen LogP contribution in [0.15, 0.2) is 27.1 Å². The summed E-state index contributed by atoms with van der Waals surface area (Å²) in [6.07, 6.45) is 0.858. The van der Waals surface area contributed by atoms with E-state index in [9.17, 15) is 9.59 Å². The molecule has 20 heavy (non-hydrogen) atoms. The molecule has 7 heteroatoms. The highest BCUT2D eigenvalue weighted by molar-refractivity contribution is 9.11. The fourth-order valence-corrected chi connectivity index (χ4v) is 2.56. The van der Waals surface area contributed by atoms with Gasteiger partial charge < -0.3 is 16.0 Å².